The van der Waals surface area contributed by atoms with Gasteiger partial charge >= 0.3 is 6.36 Å². The number of fused-ring (bicyclic) bond motifs is 1. The summed E-state index contributed by atoms with van der Waals surface area (Å²) in [5, 5.41) is 7.00. The molecular formula is C24H31Cl3F3N5O. The van der Waals surface area contributed by atoms with Gasteiger partial charge in [0.05, 0.1) is 0 Å². The molecule has 4 N–H and O–H groups in total. The fourth-order valence-corrected chi connectivity index (χ4v) is 4.85. The Hall–Kier alpha value is -1.91. The van der Waals surface area contributed by atoms with Gasteiger partial charge < -0.3 is 20.3 Å². The number of alkyl halides is 3. The summed E-state index contributed by atoms with van der Waals surface area (Å²) in [4.78, 5) is 6.88. The number of nitrogens with one attached hydrogen (secondary N) is 2. The molecule has 1 aliphatic heterocycles. The first-order valence-electron chi connectivity index (χ1n) is 11.3. The number of rotatable bonds is 5. The molecule has 36 heavy (non-hydrogen) atoms. The van der Waals surface area contributed by atoms with E-state index in [1.54, 1.807) is 12.1 Å². The van der Waals surface area contributed by atoms with Gasteiger partial charge in [0.2, 0.25) is 0 Å². The summed E-state index contributed by atoms with van der Waals surface area (Å²) in [5.74, 6) is -0.230. The molecule has 0 aromatic heterocycles. The molecule has 2 aliphatic rings. The molecule has 0 spiro atoms. The minimum absolute atomic E-state index is 0. The van der Waals surface area contributed by atoms with Crippen molar-refractivity contribution < 1.29 is 17.9 Å². The summed E-state index contributed by atoms with van der Waals surface area (Å²) < 4.78 is 42.4. The zero-order chi connectivity index (χ0) is 24.5. The number of nitrogens with zero attached hydrogens (tertiary/aromatic N) is 2. The third-order valence-corrected chi connectivity index (χ3v) is 6.64. The van der Waals surface area contributed by atoms with Crippen molar-refractivity contribution in [2.45, 2.75) is 50.4 Å². The average Bonchev–Trinajstić information content (AvgIpc) is 2.77. The van der Waals surface area contributed by atoms with Crippen LogP contribution in [-0.2, 0) is 6.54 Å². The highest BCUT2D eigenvalue weighted by Gasteiger charge is 2.41. The van der Waals surface area contributed by atoms with Crippen molar-refractivity contribution in [3.8, 4) is 5.75 Å². The van der Waals surface area contributed by atoms with Crippen LogP contribution in [0.1, 0.15) is 36.8 Å². The molecule has 6 nitrogen and oxygen atoms in total. The molecule has 1 atom stereocenters. The van der Waals surface area contributed by atoms with E-state index in [1.807, 2.05) is 43.3 Å². The Morgan fingerprint density at radius 3 is 2.44 bits per heavy atom. The molecular weight excluding hydrogens is 538 g/mol. The van der Waals surface area contributed by atoms with Crippen LogP contribution in [0.5, 0.6) is 5.75 Å². The number of hydrogen-bond donors (Lipinski definition) is 3. The summed E-state index contributed by atoms with van der Waals surface area (Å²) in [6.45, 7) is 0.250. The predicted octanol–water partition coefficient (Wildman–Crippen LogP) is 5.78. The van der Waals surface area contributed by atoms with E-state index >= 15 is 0 Å². The lowest BCUT2D eigenvalue weighted by atomic mass is 9.81. The van der Waals surface area contributed by atoms with Crippen molar-refractivity contribution in [1.82, 2.24) is 10.2 Å². The Balaban J connectivity index is 0.00000228. The summed E-state index contributed by atoms with van der Waals surface area (Å²) in [5.41, 5.74) is 9.19. The first kappa shape index (κ1) is 30.3. The van der Waals surface area contributed by atoms with Crippen molar-refractivity contribution in [2.75, 3.05) is 19.4 Å². The fourth-order valence-electron chi connectivity index (χ4n) is 4.69. The van der Waals surface area contributed by atoms with Crippen LogP contribution in [0.4, 0.5) is 18.9 Å². The van der Waals surface area contributed by atoms with E-state index in [-0.39, 0.29) is 54.1 Å². The zero-order valence-corrected chi connectivity index (χ0v) is 22.3. The zero-order valence-electron chi connectivity index (χ0n) is 19.9. The van der Waals surface area contributed by atoms with Gasteiger partial charge in [-0.2, -0.15) is 0 Å². The van der Waals surface area contributed by atoms with Crippen molar-refractivity contribution >= 4 is 47.9 Å². The number of ether oxygens (including phenoxy) is 1. The maximum atomic E-state index is 12.8. The lowest BCUT2D eigenvalue weighted by Gasteiger charge is -2.43. The lowest BCUT2D eigenvalue weighted by Crippen LogP contribution is -2.57. The Labute approximate surface area is 226 Å². The number of benzene rings is 2. The topological polar surface area (TPSA) is 74.9 Å². The molecule has 1 fully saturated rings. The minimum Gasteiger partial charge on any atom is -0.405 e. The molecule has 1 saturated carbocycles. The van der Waals surface area contributed by atoms with Crippen LogP contribution >= 0.6 is 36.4 Å². The van der Waals surface area contributed by atoms with Crippen LogP contribution in [0.15, 0.2) is 47.5 Å². The van der Waals surface area contributed by atoms with Gasteiger partial charge in [-0.15, -0.1) is 38.0 Å². The van der Waals surface area contributed by atoms with Crippen LogP contribution in [0.3, 0.4) is 0 Å². The van der Waals surface area contributed by atoms with Crippen LogP contribution in [0, 0.1) is 5.92 Å². The largest absolute Gasteiger partial charge is 0.573 e. The number of para-hydroxylation sites is 1. The molecule has 4 rings (SSSR count). The van der Waals surface area contributed by atoms with E-state index in [1.165, 1.54) is 6.07 Å². The third-order valence-electron chi connectivity index (χ3n) is 6.40. The maximum Gasteiger partial charge on any atom is 0.573 e. The minimum atomic E-state index is -4.77. The van der Waals surface area contributed by atoms with Crippen molar-refractivity contribution in [2.24, 2.45) is 16.6 Å². The lowest BCUT2D eigenvalue weighted by molar-refractivity contribution is -0.274. The summed E-state index contributed by atoms with van der Waals surface area (Å²) in [6, 6.07) is 12.4. The average molecular weight is 569 g/mol. The molecule has 2 aromatic carbocycles. The molecule has 12 heteroatoms. The van der Waals surface area contributed by atoms with E-state index in [2.05, 4.69) is 15.4 Å². The summed E-state index contributed by atoms with van der Waals surface area (Å²) in [7, 11) is 3.91. The van der Waals surface area contributed by atoms with Crippen molar-refractivity contribution in [3.05, 3.63) is 58.6 Å². The first-order valence-corrected chi connectivity index (χ1v) is 11.6. The first-order chi connectivity index (χ1) is 16.0. The number of hydrogen-bond acceptors (Lipinski definition) is 6. The standard InChI is InChI=1S/C24H29ClF3N5O.2ClH/c1-33(2)22-19-5-3-4-6-20(19)31-23(29,32-22)16-8-11-18(12-9-16)30-14-15-7-10-17(25)13-21(15)34-24(26,27)28;;/h3-7,10,13,16,18,30-31H,8-9,11-12,14,29H2,1-2H3;2*1H. The molecule has 2 aromatic rings. The van der Waals surface area contributed by atoms with Gasteiger partial charge in [-0.3, -0.25) is 5.73 Å². The van der Waals surface area contributed by atoms with Crippen LogP contribution < -0.4 is 21.1 Å². The van der Waals surface area contributed by atoms with Crippen LogP contribution in [0.2, 0.25) is 5.02 Å². The second kappa shape index (κ2) is 12.1. The Morgan fingerprint density at radius 2 is 1.81 bits per heavy atom. The number of anilines is 1. The summed E-state index contributed by atoms with van der Waals surface area (Å²) >= 11 is 5.86. The van der Waals surface area contributed by atoms with E-state index < -0.39 is 12.1 Å². The highest BCUT2D eigenvalue weighted by Crippen LogP contribution is 2.37. The molecule has 0 bridgehead atoms. The number of aliphatic imine (C=N–C) groups is 1. The molecule has 200 valence electrons. The maximum absolute atomic E-state index is 12.8. The van der Waals surface area contributed by atoms with Gasteiger partial charge in [0.15, 0.2) is 5.79 Å². The monoisotopic (exact) mass is 567 g/mol. The molecule has 0 saturated heterocycles. The second-order valence-electron chi connectivity index (χ2n) is 9.06. The molecule has 0 radical (unpaired) electrons. The van der Waals surface area contributed by atoms with E-state index in [4.69, 9.17) is 22.3 Å². The van der Waals surface area contributed by atoms with Gasteiger partial charge in [0.1, 0.15) is 11.6 Å². The fraction of sp³-hybridized carbons (Fsp3) is 0.458. The van der Waals surface area contributed by atoms with Crippen molar-refractivity contribution in [3.63, 3.8) is 0 Å². The highest BCUT2D eigenvalue weighted by molar-refractivity contribution is 6.30. The van der Waals surface area contributed by atoms with Crippen LogP contribution in [-0.4, -0.2) is 43.0 Å². The van der Waals surface area contributed by atoms with Crippen molar-refractivity contribution in [1.29, 1.82) is 0 Å². The smallest absolute Gasteiger partial charge is 0.405 e. The number of amidine groups is 1. The molecule has 0 amide bonds. The summed E-state index contributed by atoms with van der Waals surface area (Å²) in [6.07, 6.45) is -1.43. The van der Waals surface area contributed by atoms with Gasteiger partial charge in [0, 0.05) is 54.4 Å². The Bertz CT molecular complexity index is 1060. The second-order valence-corrected chi connectivity index (χ2v) is 9.49. The quantitative estimate of drug-likeness (QED) is 0.427. The highest BCUT2D eigenvalue weighted by atomic mass is 35.5. The number of halogens is 6. The molecule has 1 heterocycles. The normalized spacial score (nSPS) is 23.2. The Morgan fingerprint density at radius 1 is 1.14 bits per heavy atom. The Kier molecular flexibility index (Phi) is 10.2. The molecule has 1 unspecified atom stereocenters. The van der Waals surface area contributed by atoms with Gasteiger partial charge in [0.25, 0.3) is 0 Å². The van der Waals surface area contributed by atoms with Gasteiger partial charge in [-0.25, -0.2) is 4.99 Å². The number of nitrogens with two attached hydrogens (primary N) is 1. The third kappa shape index (κ3) is 7.10. The van der Waals surface area contributed by atoms with E-state index in [0.29, 0.717) is 5.56 Å². The SMILES string of the molecule is CN(C)C1=NC(N)(C2CCC(NCc3ccc(Cl)cc3OC(F)(F)F)CC2)Nc2ccccc21.Cl.Cl. The molecule has 1 aliphatic carbocycles. The van der Waals surface area contributed by atoms with Gasteiger partial charge in [-0.1, -0.05) is 29.8 Å². The van der Waals surface area contributed by atoms with Crippen LogP contribution in [0.25, 0.3) is 0 Å². The predicted molar refractivity (Wildman–Crippen MR) is 142 cm³/mol. The van der Waals surface area contributed by atoms with Gasteiger partial charge in [-0.05, 0) is 49.9 Å². The van der Waals surface area contributed by atoms with E-state index in [0.717, 1.165) is 42.8 Å². The van der Waals surface area contributed by atoms with E-state index in [9.17, 15) is 13.2 Å².